The highest BCUT2D eigenvalue weighted by molar-refractivity contribution is 6.25. The van der Waals surface area contributed by atoms with Crippen molar-refractivity contribution in [2.75, 3.05) is 0 Å². The lowest BCUT2D eigenvalue weighted by Gasteiger charge is -2.13. The van der Waals surface area contributed by atoms with E-state index in [-0.39, 0.29) is 36.3 Å². The number of para-hydroxylation sites is 4. The van der Waals surface area contributed by atoms with Crippen molar-refractivity contribution in [1.82, 2.24) is 24.1 Å². The maximum atomic E-state index is 9.65. The second-order valence-corrected chi connectivity index (χ2v) is 13.9. The molecule has 0 bridgehead atoms. The highest BCUT2D eigenvalue weighted by Crippen LogP contribution is 2.45. The summed E-state index contributed by atoms with van der Waals surface area (Å²) in [4.78, 5) is 14.9. The number of nitrogens with zero attached hydrogens (tertiary/aromatic N) is 5. The van der Waals surface area contributed by atoms with E-state index >= 15 is 0 Å². The van der Waals surface area contributed by atoms with E-state index in [9.17, 15) is 5.48 Å². The third kappa shape index (κ3) is 4.74. The van der Waals surface area contributed by atoms with Crippen molar-refractivity contribution in [2.24, 2.45) is 0 Å². The molecule has 8 aromatic carbocycles. The van der Waals surface area contributed by atoms with E-state index < -0.39 is 0 Å². The molecule has 0 aliphatic carbocycles. The fourth-order valence-corrected chi connectivity index (χ4v) is 8.24. The van der Waals surface area contributed by atoms with E-state index in [4.69, 9.17) is 22.1 Å². The zero-order chi connectivity index (χ0) is 42.7. The van der Waals surface area contributed by atoms with E-state index in [2.05, 4.69) is 0 Å². The quantitative estimate of drug-likeness (QED) is 0.177. The fraction of sp³-hybridized carbons (Fsp3) is 0. The Bertz CT molecular complexity index is 3810. The molecule has 0 aliphatic heterocycles. The van der Waals surface area contributed by atoms with Gasteiger partial charge in [0.2, 0.25) is 0 Å². The number of rotatable bonds is 5. The highest BCUT2D eigenvalue weighted by Gasteiger charge is 2.24. The van der Waals surface area contributed by atoms with Gasteiger partial charge in [0, 0.05) is 43.7 Å². The number of furan rings is 1. The number of hydrogen-bond donors (Lipinski definition) is 0. The van der Waals surface area contributed by atoms with Gasteiger partial charge in [0.1, 0.15) is 11.2 Å². The van der Waals surface area contributed by atoms with Gasteiger partial charge in [-0.15, -0.1) is 0 Å². The first-order chi connectivity index (χ1) is 30.7. The van der Waals surface area contributed by atoms with E-state index in [1.165, 1.54) is 12.1 Å². The Morgan fingerprint density at radius 1 is 0.439 bits per heavy atom. The molecule has 0 amide bonds. The maximum Gasteiger partial charge on any atom is 0.167 e. The average molecular weight is 736 g/mol. The maximum absolute atomic E-state index is 9.65. The normalized spacial score (nSPS) is 13.3. The molecule has 266 valence electrons. The van der Waals surface area contributed by atoms with Crippen LogP contribution in [0.15, 0.2) is 192 Å². The first kappa shape index (κ1) is 26.1. The molecule has 0 spiro atoms. The van der Waals surface area contributed by atoms with E-state index in [1.54, 1.807) is 12.1 Å². The third-order valence-corrected chi connectivity index (χ3v) is 10.7. The summed E-state index contributed by atoms with van der Waals surface area (Å²) in [6.45, 7) is 0. The topological polar surface area (TPSA) is 61.7 Å². The van der Waals surface area contributed by atoms with Crippen molar-refractivity contribution in [2.45, 2.75) is 0 Å². The summed E-state index contributed by atoms with van der Waals surface area (Å²) in [6.07, 6.45) is 0. The summed E-state index contributed by atoms with van der Waals surface area (Å²) in [7, 11) is 0. The van der Waals surface area contributed by atoms with Crippen LogP contribution in [0.1, 0.15) is 8.22 Å². The number of fused-ring (bicyclic) bond motifs is 10. The van der Waals surface area contributed by atoms with Crippen molar-refractivity contribution >= 4 is 65.6 Å². The number of aromatic nitrogens is 5. The Morgan fingerprint density at radius 3 is 1.65 bits per heavy atom. The smallest absolute Gasteiger partial charge is 0.167 e. The van der Waals surface area contributed by atoms with Crippen LogP contribution < -0.4 is 0 Å². The minimum absolute atomic E-state index is 0.0677. The molecule has 6 heteroatoms. The summed E-state index contributed by atoms with van der Waals surface area (Å²) in [5, 5.41) is 3.30. The van der Waals surface area contributed by atoms with Crippen molar-refractivity contribution in [3.05, 3.63) is 188 Å². The van der Waals surface area contributed by atoms with Gasteiger partial charge in [-0.3, -0.25) is 0 Å². The molecule has 57 heavy (non-hydrogen) atoms. The van der Waals surface area contributed by atoms with Gasteiger partial charge in [-0.05, 0) is 42.4 Å². The molecule has 0 aliphatic rings. The zero-order valence-electron chi connectivity index (χ0n) is 36.1. The zero-order valence-corrected chi connectivity index (χ0v) is 30.1. The van der Waals surface area contributed by atoms with Crippen LogP contribution in [0, 0.1) is 0 Å². The fourth-order valence-electron chi connectivity index (χ4n) is 8.24. The monoisotopic (exact) mass is 735 g/mol. The largest absolute Gasteiger partial charge is 0.455 e. The first-order valence-electron chi connectivity index (χ1n) is 21.6. The molecule has 12 rings (SSSR count). The van der Waals surface area contributed by atoms with Gasteiger partial charge in [-0.25, -0.2) is 15.0 Å². The van der Waals surface area contributed by atoms with Crippen molar-refractivity contribution < 1.29 is 12.6 Å². The Labute approximate surface area is 335 Å². The van der Waals surface area contributed by atoms with Crippen molar-refractivity contribution in [3.63, 3.8) is 0 Å². The van der Waals surface area contributed by atoms with Gasteiger partial charge in [-0.2, -0.15) is 0 Å². The lowest BCUT2D eigenvalue weighted by molar-refractivity contribution is 0.669. The summed E-state index contributed by atoms with van der Waals surface area (Å²) < 4.78 is 66.0. The molecule has 0 saturated heterocycles. The van der Waals surface area contributed by atoms with Gasteiger partial charge in [0.25, 0.3) is 0 Å². The Hall–Kier alpha value is -7.83. The van der Waals surface area contributed by atoms with E-state index in [0.717, 1.165) is 27.6 Å². The molecule has 0 fully saturated rings. The minimum Gasteiger partial charge on any atom is -0.455 e. The standard InChI is InChI=1S/C51H31N5O/c1-4-16-32(17-5-1)49-52-50(33-18-6-2-7-19-33)54-51(53-49)40-25-14-24-39-45-43(28-15-29-44(45)57-48(39)40)56-42-27-13-11-23-36(42)38-31-30-37-35-22-10-12-26-41(35)55(46(37)47(38)56)34-20-8-3-9-21-34/h1-31H/i10D,11D,26D,27D,30D,31D. The SMILES string of the molecule is [2H]c1cc([2H])c2c(c1)c1c([2H])c([2H])c3c4cc([2H])cc([2H])c4n(-c4cccc5oc6c(-c7nc(-c8ccccc8)nc(-c8ccccc8)n7)cccc6c45)c3c1n2-c1ccccc1. The predicted octanol–water partition coefficient (Wildman–Crippen LogP) is 13.0. The lowest BCUT2D eigenvalue weighted by Crippen LogP contribution is -2.00. The van der Waals surface area contributed by atoms with E-state index in [0.29, 0.717) is 83.5 Å². The summed E-state index contributed by atoms with van der Waals surface area (Å²) >= 11 is 0. The van der Waals surface area contributed by atoms with Crippen LogP contribution in [-0.2, 0) is 0 Å². The molecular formula is C51H31N5O. The van der Waals surface area contributed by atoms with Crippen molar-refractivity contribution in [3.8, 4) is 45.5 Å². The molecule has 0 radical (unpaired) electrons. The Kier molecular flexibility index (Phi) is 5.64. The molecule has 6 nitrogen and oxygen atoms in total. The van der Waals surface area contributed by atoms with E-state index in [1.807, 2.05) is 137 Å². The van der Waals surface area contributed by atoms with Gasteiger partial charge in [0.05, 0.1) is 46.9 Å². The summed E-state index contributed by atoms with van der Waals surface area (Å²) in [6, 6.07) is 47.3. The van der Waals surface area contributed by atoms with Crippen LogP contribution in [0.5, 0.6) is 0 Å². The highest BCUT2D eigenvalue weighted by atomic mass is 16.3. The molecule has 4 heterocycles. The van der Waals surface area contributed by atoms with Crippen LogP contribution in [0.2, 0.25) is 0 Å². The second-order valence-electron chi connectivity index (χ2n) is 13.9. The molecule has 0 N–H and O–H groups in total. The summed E-state index contributed by atoms with van der Waals surface area (Å²) in [5.41, 5.74) is 6.84. The molecular weight excluding hydrogens is 699 g/mol. The summed E-state index contributed by atoms with van der Waals surface area (Å²) in [5.74, 6) is 1.46. The molecule has 0 unspecified atom stereocenters. The second kappa shape index (κ2) is 12.3. The van der Waals surface area contributed by atoms with Gasteiger partial charge < -0.3 is 13.6 Å². The number of benzene rings is 8. The Morgan fingerprint density at radius 2 is 1.00 bits per heavy atom. The lowest BCUT2D eigenvalue weighted by atomic mass is 10.1. The van der Waals surface area contributed by atoms with Crippen LogP contribution in [0.3, 0.4) is 0 Å². The molecule has 0 saturated carbocycles. The molecule has 4 aromatic heterocycles. The average Bonchev–Trinajstić information content (AvgIpc) is 3.97. The van der Waals surface area contributed by atoms with Crippen LogP contribution >= 0.6 is 0 Å². The van der Waals surface area contributed by atoms with Crippen LogP contribution in [0.25, 0.3) is 111 Å². The van der Waals surface area contributed by atoms with Gasteiger partial charge >= 0.3 is 0 Å². The Balaban J connectivity index is 1.23. The van der Waals surface area contributed by atoms with Crippen LogP contribution in [-0.4, -0.2) is 24.1 Å². The molecule has 12 aromatic rings. The molecule has 0 atom stereocenters. The first-order valence-corrected chi connectivity index (χ1v) is 18.6. The number of hydrogen-bond acceptors (Lipinski definition) is 4. The predicted molar refractivity (Wildman–Crippen MR) is 232 cm³/mol. The minimum atomic E-state index is -0.0786. The van der Waals surface area contributed by atoms with Crippen molar-refractivity contribution in [1.29, 1.82) is 0 Å². The van der Waals surface area contributed by atoms with Crippen LogP contribution in [0.4, 0.5) is 0 Å². The van der Waals surface area contributed by atoms with Gasteiger partial charge in [-0.1, -0.05) is 145 Å². The third-order valence-electron chi connectivity index (χ3n) is 10.7. The van der Waals surface area contributed by atoms with Gasteiger partial charge in [0.15, 0.2) is 17.5 Å².